The summed E-state index contributed by atoms with van der Waals surface area (Å²) in [6.45, 7) is 4.72. The van der Waals surface area contributed by atoms with E-state index in [1.54, 1.807) is 24.3 Å². The second kappa shape index (κ2) is 13.4. The van der Waals surface area contributed by atoms with Gasteiger partial charge in [-0.15, -0.1) is 16.4 Å². The van der Waals surface area contributed by atoms with Crippen molar-refractivity contribution >= 4 is 40.6 Å². The second-order valence-electron chi connectivity index (χ2n) is 7.48. The lowest BCUT2D eigenvalue weighted by Crippen LogP contribution is -2.41. The predicted molar refractivity (Wildman–Crippen MR) is 124 cm³/mol. The lowest BCUT2D eigenvalue weighted by atomic mass is 9.97. The van der Waals surface area contributed by atoms with Crippen LogP contribution in [-0.2, 0) is 19.0 Å². The molecule has 0 aromatic carbocycles. The van der Waals surface area contributed by atoms with E-state index in [0.717, 1.165) is 29.4 Å². The van der Waals surface area contributed by atoms with Gasteiger partial charge >= 0.3 is 0 Å². The van der Waals surface area contributed by atoms with Crippen molar-refractivity contribution in [2.24, 2.45) is 0 Å². The molecule has 1 fully saturated rings. The van der Waals surface area contributed by atoms with Crippen molar-refractivity contribution in [3.63, 3.8) is 0 Å². The number of aromatic nitrogens is 3. The minimum atomic E-state index is -0.498. The third kappa shape index (κ3) is 7.50. The number of hydrazine groups is 1. The fourth-order valence-corrected chi connectivity index (χ4v) is 4.77. The standard InChI is InChI=1S/C20H28N6O6S2/c1-13-17(34-25-22-13)19(29)24-23-18(28)15-12-33-20(21-15)14-3-5-26(6-4-14)16(27)11-32-10-9-31-8-7-30-2/h12,14H,3-11H2,1-2H3,(H,23,28)(H,24,29). The van der Waals surface area contributed by atoms with Crippen molar-refractivity contribution in [3.8, 4) is 0 Å². The molecule has 12 nitrogen and oxygen atoms in total. The Labute approximate surface area is 205 Å². The number of amides is 3. The van der Waals surface area contributed by atoms with Gasteiger partial charge in [-0.05, 0) is 31.3 Å². The highest BCUT2D eigenvalue weighted by Gasteiger charge is 2.26. The molecule has 14 heteroatoms. The van der Waals surface area contributed by atoms with E-state index in [1.807, 2.05) is 0 Å². The molecule has 2 aromatic heterocycles. The number of hydrogen-bond acceptors (Lipinski definition) is 11. The molecule has 0 saturated carbocycles. The van der Waals surface area contributed by atoms with Crippen LogP contribution < -0.4 is 10.9 Å². The first-order chi connectivity index (χ1) is 16.5. The predicted octanol–water partition coefficient (Wildman–Crippen LogP) is 0.763. The number of carbonyl (C=O) groups is 3. The van der Waals surface area contributed by atoms with E-state index < -0.39 is 11.8 Å². The highest BCUT2D eigenvalue weighted by molar-refractivity contribution is 7.10. The largest absolute Gasteiger partial charge is 0.382 e. The zero-order valence-electron chi connectivity index (χ0n) is 19.1. The fourth-order valence-electron chi connectivity index (χ4n) is 3.24. The van der Waals surface area contributed by atoms with Crippen LogP contribution in [-0.4, -0.2) is 90.4 Å². The summed E-state index contributed by atoms with van der Waals surface area (Å²) in [4.78, 5) is 43.3. The van der Waals surface area contributed by atoms with Crippen molar-refractivity contribution < 1.29 is 28.6 Å². The normalized spacial score (nSPS) is 14.2. The SMILES string of the molecule is COCCOCCOCC(=O)N1CCC(c2nc(C(=O)NNC(=O)c3snnc3C)cs2)CC1. The summed E-state index contributed by atoms with van der Waals surface area (Å²) in [7, 11) is 1.61. The van der Waals surface area contributed by atoms with Crippen LogP contribution in [0.15, 0.2) is 5.38 Å². The molecule has 1 aliphatic heterocycles. The molecule has 3 heterocycles. The summed E-state index contributed by atoms with van der Waals surface area (Å²) in [6, 6.07) is 0. The Kier molecular flexibility index (Phi) is 10.3. The highest BCUT2D eigenvalue weighted by Crippen LogP contribution is 2.30. The number of carbonyl (C=O) groups excluding carboxylic acids is 3. The first-order valence-electron chi connectivity index (χ1n) is 10.8. The van der Waals surface area contributed by atoms with Crippen LogP contribution in [0.25, 0.3) is 0 Å². The van der Waals surface area contributed by atoms with Gasteiger partial charge in [-0.1, -0.05) is 4.49 Å². The Morgan fingerprint density at radius 2 is 1.79 bits per heavy atom. The van der Waals surface area contributed by atoms with Crippen molar-refractivity contribution in [2.45, 2.75) is 25.7 Å². The number of hydrogen-bond donors (Lipinski definition) is 2. The number of thiazole rings is 1. The van der Waals surface area contributed by atoms with Crippen LogP contribution in [0.2, 0.25) is 0 Å². The van der Waals surface area contributed by atoms with Gasteiger partial charge in [-0.3, -0.25) is 25.2 Å². The van der Waals surface area contributed by atoms with Gasteiger partial charge in [0.25, 0.3) is 11.8 Å². The molecular formula is C20H28N6O6S2. The molecule has 186 valence electrons. The van der Waals surface area contributed by atoms with Crippen molar-refractivity contribution in [1.82, 2.24) is 30.3 Å². The average molecular weight is 513 g/mol. The van der Waals surface area contributed by atoms with Crippen LogP contribution in [0.4, 0.5) is 0 Å². The molecule has 0 aliphatic carbocycles. The Hall–Kier alpha value is -2.52. The maximum Gasteiger partial charge on any atom is 0.289 e. The smallest absolute Gasteiger partial charge is 0.289 e. The molecule has 0 atom stereocenters. The van der Waals surface area contributed by atoms with E-state index in [9.17, 15) is 14.4 Å². The maximum absolute atomic E-state index is 12.3. The Balaban J connectivity index is 1.37. The molecule has 2 N–H and O–H groups in total. The maximum atomic E-state index is 12.3. The van der Waals surface area contributed by atoms with E-state index in [0.29, 0.717) is 50.1 Å². The number of ether oxygens (including phenoxy) is 3. The second-order valence-corrected chi connectivity index (χ2v) is 9.12. The van der Waals surface area contributed by atoms with Crippen LogP contribution >= 0.6 is 22.9 Å². The van der Waals surface area contributed by atoms with Crippen LogP contribution in [0, 0.1) is 6.92 Å². The van der Waals surface area contributed by atoms with E-state index in [2.05, 4.69) is 25.4 Å². The van der Waals surface area contributed by atoms with Gasteiger partial charge in [0.1, 0.15) is 17.2 Å². The van der Waals surface area contributed by atoms with Crippen molar-refractivity contribution in [3.05, 3.63) is 26.7 Å². The molecule has 2 aromatic rings. The quantitative estimate of drug-likeness (QED) is 0.329. The zero-order chi connectivity index (χ0) is 24.3. The lowest BCUT2D eigenvalue weighted by Gasteiger charge is -2.31. The summed E-state index contributed by atoms with van der Waals surface area (Å²) >= 11 is 2.36. The minimum absolute atomic E-state index is 0.0305. The number of nitrogens with one attached hydrogen (secondary N) is 2. The van der Waals surface area contributed by atoms with E-state index in [1.165, 1.54) is 11.3 Å². The zero-order valence-corrected chi connectivity index (χ0v) is 20.7. The molecule has 0 radical (unpaired) electrons. The van der Waals surface area contributed by atoms with Crippen LogP contribution in [0.3, 0.4) is 0 Å². The molecule has 1 saturated heterocycles. The topological polar surface area (TPSA) is 145 Å². The molecule has 0 unspecified atom stereocenters. The third-order valence-corrected chi connectivity index (χ3v) is 6.96. The number of piperidine rings is 1. The van der Waals surface area contributed by atoms with Gasteiger partial charge in [-0.2, -0.15) is 0 Å². The van der Waals surface area contributed by atoms with Crippen molar-refractivity contribution in [2.75, 3.05) is 53.2 Å². The number of methoxy groups -OCH3 is 1. The third-order valence-electron chi connectivity index (χ3n) is 5.13. The molecule has 34 heavy (non-hydrogen) atoms. The van der Waals surface area contributed by atoms with Crippen molar-refractivity contribution in [1.29, 1.82) is 0 Å². The van der Waals surface area contributed by atoms with Gasteiger partial charge in [0.05, 0.1) is 37.1 Å². The molecule has 3 amide bonds. The number of rotatable bonds is 11. The summed E-state index contributed by atoms with van der Waals surface area (Å²) in [6.07, 6.45) is 1.52. The molecule has 1 aliphatic rings. The van der Waals surface area contributed by atoms with Gasteiger partial charge in [-0.25, -0.2) is 4.98 Å². The van der Waals surface area contributed by atoms with Crippen LogP contribution in [0.5, 0.6) is 0 Å². The summed E-state index contributed by atoms with van der Waals surface area (Å²) in [5, 5.41) is 6.28. The first kappa shape index (κ1) is 26.1. The van der Waals surface area contributed by atoms with E-state index in [4.69, 9.17) is 14.2 Å². The molecule has 0 spiro atoms. The summed E-state index contributed by atoms with van der Waals surface area (Å²) in [5.41, 5.74) is 5.45. The Morgan fingerprint density at radius 3 is 2.50 bits per heavy atom. The van der Waals surface area contributed by atoms with E-state index >= 15 is 0 Å². The first-order valence-corrected chi connectivity index (χ1v) is 12.4. The Bertz CT molecular complexity index is 959. The lowest BCUT2D eigenvalue weighted by molar-refractivity contribution is -0.137. The highest BCUT2D eigenvalue weighted by atomic mass is 32.1. The summed E-state index contributed by atoms with van der Waals surface area (Å²) < 4.78 is 19.3. The molecule has 0 bridgehead atoms. The average Bonchev–Trinajstić information content (AvgIpc) is 3.51. The summed E-state index contributed by atoms with van der Waals surface area (Å²) in [5.74, 6) is -0.847. The van der Waals surface area contributed by atoms with E-state index in [-0.39, 0.29) is 24.1 Å². The number of aryl methyl sites for hydroxylation is 1. The van der Waals surface area contributed by atoms with Gasteiger partial charge in [0.2, 0.25) is 5.91 Å². The Morgan fingerprint density at radius 1 is 1.09 bits per heavy atom. The molecule has 3 rings (SSSR count). The fraction of sp³-hybridized carbons (Fsp3) is 0.600. The molecular weight excluding hydrogens is 484 g/mol. The van der Waals surface area contributed by atoms with Gasteiger partial charge in [0, 0.05) is 31.5 Å². The monoisotopic (exact) mass is 512 g/mol. The number of nitrogens with zero attached hydrogens (tertiary/aromatic N) is 4. The minimum Gasteiger partial charge on any atom is -0.382 e. The van der Waals surface area contributed by atoms with Gasteiger partial charge < -0.3 is 19.1 Å². The van der Waals surface area contributed by atoms with Gasteiger partial charge in [0.15, 0.2) is 0 Å². The van der Waals surface area contributed by atoms with Crippen LogP contribution in [0.1, 0.15) is 49.6 Å². The number of likely N-dealkylation sites (tertiary alicyclic amines) is 1.